The van der Waals surface area contributed by atoms with Crippen LogP contribution >= 0.6 is 0 Å². The zero-order valence-corrected chi connectivity index (χ0v) is 12.6. The Labute approximate surface area is 116 Å². The molecule has 0 aromatic carbocycles. The van der Waals surface area contributed by atoms with Crippen LogP contribution in [0.2, 0.25) is 0 Å². The van der Waals surface area contributed by atoms with E-state index in [-0.39, 0.29) is 0 Å². The molecular formula is C14H27N5. The van der Waals surface area contributed by atoms with Gasteiger partial charge in [-0.2, -0.15) is 5.10 Å². The van der Waals surface area contributed by atoms with Crippen LogP contribution in [0.25, 0.3) is 0 Å². The molecule has 0 bridgehead atoms. The van der Waals surface area contributed by atoms with Crippen LogP contribution in [0.5, 0.6) is 0 Å². The largest absolute Gasteiger partial charge is 0.356 e. The number of nitrogens with one attached hydrogen (secondary N) is 2. The van der Waals surface area contributed by atoms with Crippen molar-refractivity contribution < 1.29 is 0 Å². The summed E-state index contributed by atoms with van der Waals surface area (Å²) in [5.74, 6) is 1.65. The van der Waals surface area contributed by atoms with Crippen LogP contribution in [0.4, 0.5) is 0 Å². The van der Waals surface area contributed by atoms with Crippen LogP contribution in [0.3, 0.4) is 0 Å². The average molecular weight is 265 g/mol. The van der Waals surface area contributed by atoms with Gasteiger partial charge in [0.1, 0.15) is 0 Å². The first kappa shape index (κ1) is 15.5. The third-order valence-electron chi connectivity index (χ3n) is 2.94. The van der Waals surface area contributed by atoms with Crippen LogP contribution in [-0.4, -0.2) is 35.9 Å². The maximum Gasteiger partial charge on any atom is 0.190 e. The van der Waals surface area contributed by atoms with Crippen molar-refractivity contribution in [3.05, 3.63) is 18.0 Å². The molecule has 0 saturated heterocycles. The van der Waals surface area contributed by atoms with Gasteiger partial charge in [-0.1, -0.05) is 13.8 Å². The van der Waals surface area contributed by atoms with E-state index in [4.69, 9.17) is 0 Å². The zero-order valence-electron chi connectivity index (χ0n) is 12.6. The fourth-order valence-corrected chi connectivity index (χ4v) is 1.86. The third-order valence-corrected chi connectivity index (χ3v) is 2.94. The molecule has 0 aliphatic rings. The van der Waals surface area contributed by atoms with Gasteiger partial charge >= 0.3 is 0 Å². The third kappa shape index (κ3) is 6.84. The highest BCUT2D eigenvalue weighted by atomic mass is 15.2. The number of aromatic nitrogens is 2. The lowest BCUT2D eigenvalue weighted by Gasteiger charge is -2.12. The van der Waals surface area contributed by atoms with Gasteiger partial charge in [-0.25, -0.2) is 0 Å². The first-order chi connectivity index (χ1) is 9.11. The van der Waals surface area contributed by atoms with E-state index in [2.05, 4.69) is 34.6 Å². The van der Waals surface area contributed by atoms with Crippen LogP contribution in [0, 0.1) is 5.92 Å². The molecule has 0 radical (unpaired) electrons. The summed E-state index contributed by atoms with van der Waals surface area (Å²) in [7, 11) is 3.74. The van der Waals surface area contributed by atoms with Gasteiger partial charge in [0.25, 0.3) is 0 Å². The quantitative estimate of drug-likeness (QED) is 0.447. The second-order valence-corrected chi connectivity index (χ2v) is 5.23. The minimum Gasteiger partial charge on any atom is -0.356 e. The maximum absolute atomic E-state index is 4.21. The van der Waals surface area contributed by atoms with Crippen molar-refractivity contribution in [1.29, 1.82) is 0 Å². The minimum atomic E-state index is 0.766. The van der Waals surface area contributed by atoms with Crippen molar-refractivity contribution >= 4 is 5.96 Å². The molecule has 0 unspecified atom stereocenters. The fourth-order valence-electron chi connectivity index (χ4n) is 1.86. The van der Waals surface area contributed by atoms with Gasteiger partial charge in [0, 0.05) is 33.4 Å². The maximum atomic E-state index is 4.21. The van der Waals surface area contributed by atoms with Crippen molar-refractivity contribution in [3.8, 4) is 0 Å². The first-order valence-corrected chi connectivity index (χ1v) is 7.04. The van der Waals surface area contributed by atoms with E-state index in [0.29, 0.717) is 0 Å². The van der Waals surface area contributed by atoms with Crippen molar-refractivity contribution in [3.63, 3.8) is 0 Å². The van der Waals surface area contributed by atoms with Crippen molar-refractivity contribution in [2.24, 2.45) is 18.0 Å². The summed E-state index contributed by atoms with van der Waals surface area (Å²) in [5, 5.41) is 10.8. The minimum absolute atomic E-state index is 0.766. The number of aliphatic imine (C=N–C) groups is 1. The van der Waals surface area contributed by atoms with E-state index >= 15 is 0 Å². The number of aryl methyl sites for hydroxylation is 1. The Morgan fingerprint density at radius 1 is 1.37 bits per heavy atom. The number of nitrogens with zero attached hydrogens (tertiary/aromatic N) is 3. The smallest absolute Gasteiger partial charge is 0.190 e. The van der Waals surface area contributed by atoms with Gasteiger partial charge in [0.15, 0.2) is 5.96 Å². The van der Waals surface area contributed by atoms with Crippen molar-refractivity contribution in [2.75, 3.05) is 20.1 Å². The second kappa shape index (κ2) is 8.56. The highest BCUT2D eigenvalue weighted by Crippen LogP contribution is 2.01. The molecule has 0 atom stereocenters. The molecule has 19 heavy (non-hydrogen) atoms. The Morgan fingerprint density at radius 2 is 2.11 bits per heavy atom. The molecule has 5 heteroatoms. The molecule has 5 nitrogen and oxygen atoms in total. The van der Waals surface area contributed by atoms with Crippen LogP contribution in [-0.2, 0) is 13.5 Å². The van der Waals surface area contributed by atoms with Gasteiger partial charge in [0.2, 0.25) is 0 Å². The number of hydrogen-bond donors (Lipinski definition) is 2. The molecule has 0 spiro atoms. The summed E-state index contributed by atoms with van der Waals surface area (Å²) >= 11 is 0. The Morgan fingerprint density at radius 3 is 2.68 bits per heavy atom. The lowest BCUT2D eigenvalue weighted by atomic mass is 10.1. The molecule has 1 heterocycles. The highest BCUT2D eigenvalue weighted by Gasteiger charge is 1.99. The molecule has 1 aromatic rings. The Kier molecular flexibility index (Phi) is 7.00. The number of rotatable bonds is 7. The van der Waals surface area contributed by atoms with E-state index < -0.39 is 0 Å². The Balaban J connectivity index is 2.15. The molecule has 0 aliphatic carbocycles. The van der Waals surface area contributed by atoms with Crippen LogP contribution in [0.15, 0.2) is 17.4 Å². The summed E-state index contributed by atoms with van der Waals surface area (Å²) in [5.41, 5.74) is 1.24. The zero-order chi connectivity index (χ0) is 14.1. The van der Waals surface area contributed by atoms with E-state index in [1.54, 1.807) is 0 Å². The predicted molar refractivity (Wildman–Crippen MR) is 80.3 cm³/mol. The Hall–Kier alpha value is -1.52. The van der Waals surface area contributed by atoms with E-state index in [1.807, 2.05) is 31.2 Å². The molecule has 0 saturated carbocycles. The summed E-state index contributed by atoms with van der Waals surface area (Å²) < 4.78 is 1.83. The molecule has 0 amide bonds. The standard InChI is InChI=1S/C14H27N5/c1-12(2)6-5-8-16-14(15-3)17-9-7-13-10-18-19(4)11-13/h10-12H,5-9H2,1-4H3,(H2,15,16,17). The monoisotopic (exact) mass is 265 g/mol. The van der Waals surface area contributed by atoms with E-state index in [1.165, 1.54) is 18.4 Å². The van der Waals surface area contributed by atoms with E-state index in [9.17, 15) is 0 Å². The normalized spacial score (nSPS) is 11.9. The molecular weight excluding hydrogens is 238 g/mol. The molecule has 1 aromatic heterocycles. The summed E-state index contributed by atoms with van der Waals surface area (Å²) in [6.07, 6.45) is 7.34. The predicted octanol–water partition coefficient (Wildman–Crippen LogP) is 1.56. The number of hydrogen-bond acceptors (Lipinski definition) is 2. The van der Waals surface area contributed by atoms with Crippen molar-refractivity contribution in [2.45, 2.75) is 33.1 Å². The van der Waals surface area contributed by atoms with Gasteiger partial charge < -0.3 is 10.6 Å². The number of guanidine groups is 1. The SMILES string of the molecule is CN=C(NCCCC(C)C)NCCc1cnn(C)c1. The summed E-state index contributed by atoms with van der Waals surface area (Å²) in [6, 6.07) is 0. The van der Waals surface area contributed by atoms with Gasteiger partial charge in [-0.15, -0.1) is 0 Å². The van der Waals surface area contributed by atoms with Crippen molar-refractivity contribution in [1.82, 2.24) is 20.4 Å². The van der Waals surface area contributed by atoms with Crippen LogP contribution < -0.4 is 10.6 Å². The van der Waals surface area contributed by atoms with Crippen LogP contribution in [0.1, 0.15) is 32.3 Å². The van der Waals surface area contributed by atoms with Gasteiger partial charge in [-0.05, 0) is 30.7 Å². The van der Waals surface area contributed by atoms with Gasteiger partial charge in [0.05, 0.1) is 6.20 Å². The molecule has 2 N–H and O–H groups in total. The average Bonchev–Trinajstić information content (AvgIpc) is 2.78. The Bertz CT molecular complexity index is 381. The second-order valence-electron chi connectivity index (χ2n) is 5.23. The topological polar surface area (TPSA) is 54.2 Å². The molecule has 108 valence electrons. The lowest BCUT2D eigenvalue weighted by molar-refractivity contribution is 0.549. The highest BCUT2D eigenvalue weighted by molar-refractivity contribution is 5.79. The summed E-state index contributed by atoms with van der Waals surface area (Å²) in [4.78, 5) is 4.21. The lowest BCUT2D eigenvalue weighted by Crippen LogP contribution is -2.38. The first-order valence-electron chi connectivity index (χ1n) is 7.04. The molecule has 0 aliphatic heterocycles. The molecule has 0 fully saturated rings. The molecule has 1 rings (SSSR count). The van der Waals surface area contributed by atoms with E-state index in [0.717, 1.165) is 31.4 Å². The summed E-state index contributed by atoms with van der Waals surface area (Å²) in [6.45, 7) is 6.35. The fraction of sp³-hybridized carbons (Fsp3) is 0.714. The van der Waals surface area contributed by atoms with Gasteiger partial charge in [-0.3, -0.25) is 9.67 Å².